The molecular formula is C17H10F3N3O. The topological polar surface area (TPSA) is 54.7 Å². The second kappa shape index (κ2) is 5.23. The molecule has 7 heteroatoms. The first kappa shape index (κ1) is 14.5. The van der Waals surface area contributed by atoms with Crippen molar-refractivity contribution in [2.75, 3.05) is 0 Å². The average molecular weight is 329 g/mol. The molecule has 0 amide bonds. The van der Waals surface area contributed by atoms with Gasteiger partial charge in [0.2, 0.25) is 5.82 Å². The lowest BCUT2D eigenvalue weighted by Gasteiger charge is -2.05. The van der Waals surface area contributed by atoms with Crippen LogP contribution in [0, 0.1) is 0 Å². The van der Waals surface area contributed by atoms with Gasteiger partial charge >= 0.3 is 6.18 Å². The molecular weight excluding hydrogens is 319 g/mol. The van der Waals surface area contributed by atoms with Gasteiger partial charge in [-0.25, -0.2) is 0 Å². The summed E-state index contributed by atoms with van der Waals surface area (Å²) in [5, 5.41) is 4.79. The number of benzene rings is 2. The number of fused-ring (bicyclic) bond motifs is 1. The zero-order valence-electron chi connectivity index (χ0n) is 12.1. The van der Waals surface area contributed by atoms with Crippen molar-refractivity contribution in [1.82, 2.24) is 15.1 Å². The lowest BCUT2D eigenvalue weighted by Crippen LogP contribution is -2.04. The lowest BCUT2D eigenvalue weighted by molar-refractivity contribution is -0.137. The van der Waals surface area contributed by atoms with Gasteiger partial charge in [-0.15, -0.1) is 0 Å². The standard InChI is InChI=1S/C17H10F3N3O/c18-17(19,20)11-7-5-10(6-8-11)15-22-16(24-23-15)13-9-21-14-4-2-1-3-12(13)14/h1-9,21H. The number of nitrogens with one attached hydrogen (secondary N) is 1. The van der Waals surface area contributed by atoms with E-state index >= 15 is 0 Å². The first-order valence-corrected chi connectivity index (χ1v) is 7.10. The summed E-state index contributed by atoms with van der Waals surface area (Å²) in [6, 6.07) is 12.3. The van der Waals surface area contributed by atoms with Gasteiger partial charge < -0.3 is 9.51 Å². The maximum Gasteiger partial charge on any atom is 0.416 e. The Hall–Kier alpha value is -3.09. The Labute approximate surface area is 133 Å². The molecule has 0 aliphatic rings. The predicted octanol–water partition coefficient (Wildman–Crippen LogP) is 4.90. The minimum absolute atomic E-state index is 0.240. The normalized spacial score (nSPS) is 12.0. The number of aromatic amines is 1. The third-order valence-corrected chi connectivity index (χ3v) is 3.72. The van der Waals surface area contributed by atoms with Crippen LogP contribution in [0.25, 0.3) is 33.7 Å². The van der Waals surface area contributed by atoms with Crippen LogP contribution in [0.4, 0.5) is 13.2 Å². The smallest absolute Gasteiger partial charge is 0.360 e. The summed E-state index contributed by atoms with van der Waals surface area (Å²) in [6.07, 6.45) is -2.61. The summed E-state index contributed by atoms with van der Waals surface area (Å²) < 4.78 is 43.1. The molecule has 0 bridgehead atoms. The van der Waals surface area contributed by atoms with Crippen LogP contribution >= 0.6 is 0 Å². The van der Waals surface area contributed by atoms with Gasteiger partial charge in [-0.1, -0.05) is 35.5 Å². The van der Waals surface area contributed by atoms with Crippen LogP contribution in [-0.2, 0) is 6.18 Å². The Morgan fingerprint density at radius 3 is 2.46 bits per heavy atom. The highest BCUT2D eigenvalue weighted by Crippen LogP contribution is 2.32. The molecule has 0 unspecified atom stereocenters. The highest BCUT2D eigenvalue weighted by atomic mass is 19.4. The molecule has 2 heterocycles. The number of rotatable bonds is 2. The van der Waals surface area contributed by atoms with Gasteiger partial charge in [0.1, 0.15) is 0 Å². The van der Waals surface area contributed by atoms with Crippen molar-refractivity contribution in [3.63, 3.8) is 0 Å². The Kier molecular flexibility index (Phi) is 3.16. The number of nitrogens with zero attached hydrogens (tertiary/aromatic N) is 2. The molecule has 0 fully saturated rings. The van der Waals surface area contributed by atoms with Crippen LogP contribution in [0.5, 0.6) is 0 Å². The first-order chi connectivity index (χ1) is 11.5. The van der Waals surface area contributed by atoms with Gasteiger partial charge in [0.15, 0.2) is 0 Å². The zero-order chi connectivity index (χ0) is 16.7. The van der Waals surface area contributed by atoms with Crippen LogP contribution in [0.1, 0.15) is 5.56 Å². The van der Waals surface area contributed by atoms with Gasteiger partial charge in [-0.3, -0.25) is 0 Å². The molecule has 0 aliphatic heterocycles. The van der Waals surface area contributed by atoms with Crippen molar-refractivity contribution in [3.05, 3.63) is 60.3 Å². The zero-order valence-corrected chi connectivity index (χ0v) is 12.1. The molecule has 0 aliphatic carbocycles. The van der Waals surface area contributed by atoms with E-state index < -0.39 is 11.7 Å². The van der Waals surface area contributed by atoms with Crippen LogP contribution in [-0.4, -0.2) is 15.1 Å². The Morgan fingerprint density at radius 2 is 1.71 bits per heavy atom. The number of halogens is 3. The Balaban J connectivity index is 1.70. The van der Waals surface area contributed by atoms with E-state index in [0.29, 0.717) is 11.5 Å². The molecule has 4 nitrogen and oxygen atoms in total. The maximum absolute atomic E-state index is 12.6. The Morgan fingerprint density at radius 1 is 0.958 bits per heavy atom. The van der Waals surface area contributed by atoms with Crippen LogP contribution in [0.15, 0.2) is 59.3 Å². The van der Waals surface area contributed by atoms with E-state index in [1.54, 1.807) is 6.20 Å². The number of hydrogen-bond acceptors (Lipinski definition) is 3. The van der Waals surface area contributed by atoms with E-state index in [9.17, 15) is 13.2 Å². The fourth-order valence-electron chi connectivity index (χ4n) is 2.51. The third kappa shape index (κ3) is 2.44. The molecule has 4 aromatic rings. The summed E-state index contributed by atoms with van der Waals surface area (Å²) in [5.41, 5.74) is 1.42. The fraction of sp³-hybridized carbons (Fsp3) is 0.0588. The number of alkyl halides is 3. The number of H-pyrrole nitrogens is 1. The van der Waals surface area contributed by atoms with E-state index in [0.717, 1.165) is 28.6 Å². The molecule has 1 N–H and O–H groups in total. The average Bonchev–Trinajstić information content (AvgIpc) is 3.21. The van der Waals surface area contributed by atoms with Crippen molar-refractivity contribution >= 4 is 10.9 Å². The minimum atomic E-state index is -4.37. The molecule has 4 rings (SSSR count). The van der Waals surface area contributed by atoms with Crippen molar-refractivity contribution in [2.24, 2.45) is 0 Å². The number of hydrogen-bond donors (Lipinski definition) is 1. The molecule has 0 saturated heterocycles. The molecule has 0 saturated carbocycles. The minimum Gasteiger partial charge on any atom is -0.360 e. The molecule has 0 radical (unpaired) electrons. The second-order valence-electron chi connectivity index (χ2n) is 5.25. The van der Waals surface area contributed by atoms with Crippen LogP contribution < -0.4 is 0 Å². The maximum atomic E-state index is 12.6. The van der Waals surface area contributed by atoms with E-state index in [4.69, 9.17) is 4.52 Å². The fourth-order valence-corrected chi connectivity index (χ4v) is 2.51. The van der Waals surface area contributed by atoms with Crippen LogP contribution in [0.2, 0.25) is 0 Å². The van der Waals surface area contributed by atoms with Gasteiger partial charge in [-0.05, 0) is 18.2 Å². The largest absolute Gasteiger partial charge is 0.416 e. The highest BCUT2D eigenvalue weighted by Gasteiger charge is 2.30. The molecule has 2 aromatic carbocycles. The van der Waals surface area contributed by atoms with Crippen molar-refractivity contribution in [3.8, 4) is 22.8 Å². The van der Waals surface area contributed by atoms with Gasteiger partial charge in [-0.2, -0.15) is 18.2 Å². The summed E-state index contributed by atoms with van der Waals surface area (Å²) >= 11 is 0. The molecule has 0 atom stereocenters. The quantitative estimate of drug-likeness (QED) is 0.569. The van der Waals surface area contributed by atoms with E-state index in [1.807, 2.05) is 24.3 Å². The molecule has 2 aromatic heterocycles. The first-order valence-electron chi connectivity index (χ1n) is 7.10. The van der Waals surface area contributed by atoms with E-state index in [2.05, 4.69) is 15.1 Å². The summed E-state index contributed by atoms with van der Waals surface area (Å²) in [5.74, 6) is 0.548. The predicted molar refractivity (Wildman–Crippen MR) is 82.0 cm³/mol. The summed E-state index contributed by atoms with van der Waals surface area (Å²) in [6.45, 7) is 0. The lowest BCUT2D eigenvalue weighted by atomic mass is 10.1. The van der Waals surface area contributed by atoms with Crippen molar-refractivity contribution in [2.45, 2.75) is 6.18 Å². The van der Waals surface area contributed by atoms with Crippen molar-refractivity contribution < 1.29 is 17.7 Å². The molecule has 24 heavy (non-hydrogen) atoms. The highest BCUT2D eigenvalue weighted by molar-refractivity contribution is 5.93. The number of para-hydroxylation sites is 1. The molecule has 120 valence electrons. The SMILES string of the molecule is FC(F)(F)c1ccc(-c2noc(-c3c[nH]c4ccccc34)n2)cc1. The monoisotopic (exact) mass is 329 g/mol. The van der Waals surface area contributed by atoms with Gasteiger partial charge in [0, 0.05) is 22.7 Å². The van der Waals surface area contributed by atoms with E-state index in [-0.39, 0.29) is 5.82 Å². The summed E-state index contributed by atoms with van der Waals surface area (Å²) in [7, 11) is 0. The third-order valence-electron chi connectivity index (χ3n) is 3.72. The van der Waals surface area contributed by atoms with Crippen LogP contribution in [0.3, 0.4) is 0 Å². The van der Waals surface area contributed by atoms with Crippen molar-refractivity contribution in [1.29, 1.82) is 0 Å². The van der Waals surface area contributed by atoms with Gasteiger partial charge in [0.05, 0.1) is 11.1 Å². The second-order valence-corrected chi connectivity index (χ2v) is 5.25. The number of aromatic nitrogens is 3. The van der Waals surface area contributed by atoms with Gasteiger partial charge in [0.25, 0.3) is 5.89 Å². The van der Waals surface area contributed by atoms with E-state index in [1.165, 1.54) is 12.1 Å². The summed E-state index contributed by atoms with van der Waals surface area (Å²) in [4.78, 5) is 7.39. The molecule has 0 spiro atoms. The Bertz CT molecular complexity index is 1000.